The highest BCUT2D eigenvalue weighted by molar-refractivity contribution is 5.72. The minimum absolute atomic E-state index is 0.237. The third-order valence-corrected chi connectivity index (χ3v) is 5.04. The molecule has 3 heterocycles. The van der Waals surface area contributed by atoms with Gasteiger partial charge in [-0.3, -0.25) is 4.57 Å². The second-order valence-corrected chi connectivity index (χ2v) is 7.30. The Morgan fingerprint density at radius 2 is 2.07 bits per heavy atom. The van der Waals surface area contributed by atoms with Crippen molar-refractivity contribution in [1.82, 2.24) is 9.55 Å². The normalized spacial score (nSPS) is 22.3. The zero-order valence-corrected chi connectivity index (χ0v) is 16.4. The van der Waals surface area contributed by atoms with Crippen LogP contribution in [0.3, 0.4) is 0 Å². The summed E-state index contributed by atoms with van der Waals surface area (Å²) in [6.07, 6.45) is 5.93. The first-order valence-corrected chi connectivity index (χ1v) is 10.2. The summed E-state index contributed by atoms with van der Waals surface area (Å²) < 4.78 is 18.2. The first-order valence-electron chi connectivity index (χ1n) is 10.2. The van der Waals surface area contributed by atoms with Crippen molar-refractivity contribution in [3.63, 3.8) is 0 Å². The van der Waals surface area contributed by atoms with E-state index in [1.165, 1.54) is 17.4 Å². The molecule has 3 rings (SSSR count). The van der Waals surface area contributed by atoms with Gasteiger partial charge in [0.15, 0.2) is 0 Å². The van der Waals surface area contributed by atoms with E-state index in [-0.39, 0.29) is 13.0 Å². The van der Waals surface area contributed by atoms with Crippen LogP contribution in [0.2, 0.25) is 0 Å². The van der Waals surface area contributed by atoms with Crippen molar-refractivity contribution in [2.45, 2.75) is 70.3 Å². The lowest BCUT2D eigenvalue weighted by atomic mass is 10.2. The molecule has 8 heteroatoms. The summed E-state index contributed by atoms with van der Waals surface area (Å²) in [4.78, 5) is 16.3. The average Bonchev–Trinajstić information content (AvgIpc) is 3.25. The standard InChI is InChI=1S/C20H30N2O6/c1-2-3-5-8-26-9-6-4-7-15-10-14-12-22(20(25)21-19(14)27-15)18-11-16(24)17(13-23)28-18/h10,12,16-18,23-24H,2-9,11,13H2,1H3/t16-,17+,18+/m0/s1. The molecule has 156 valence electrons. The van der Waals surface area contributed by atoms with E-state index in [0.717, 1.165) is 50.0 Å². The van der Waals surface area contributed by atoms with Crippen LogP contribution in [0.5, 0.6) is 0 Å². The minimum atomic E-state index is -0.804. The maximum atomic E-state index is 12.3. The number of ether oxygens (including phenoxy) is 2. The third kappa shape index (κ3) is 5.20. The third-order valence-electron chi connectivity index (χ3n) is 5.04. The fraction of sp³-hybridized carbons (Fsp3) is 0.700. The molecule has 1 fully saturated rings. The number of aryl methyl sites for hydroxylation is 1. The van der Waals surface area contributed by atoms with Gasteiger partial charge >= 0.3 is 5.69 Å². The lowest BCUT2D eigenvalue weighted by Gasteiger charge is -2.13. The molecule has 0 saturated carbocycles. The van der Waals surface area contributed by atoms with E-state index in [0.29, 0.717) is 5.71 Å². The molecule has 0 radical (unpaired) electrons. The summed E-state index contributed by atoms with van der Waals surface area (Å²) in [6.45, 7) is 3.46. The van der Waals surface area contributed by atoms with Crippen LogP contribution >= 0.6 is 0 Å². The Kier molecular flexibility index (Phi) is 7.61. The van der Waals surface area contributed by atoms with Gasteiger partial charge in [0, 0.05) is 32.3 Å². The number of nitrogens with zero attached hydrogens (tertiary/aromatic N) is 2. The molecule has 3 atom stereocenters. The Bertz CT molecular complexity index is 802. The lowest BCUT2D eigenvalue weighted by Crippen LogP contribution is -2.27. The quantitative estimate of drug-likeness (QED) is 0.562. The van der Waals surface area contributed by atoms with E-state index in [1.54, 1.807) is 6.20 Å². The van der Waals surface area contributed by atoms with Gasteiger partial charge < -0.3 is 24.1 Å². The van der Waals surface area contributed by atoms with Crippen LogP contribution in [0.25, 0.3) is 11.1 Å². The van der Waals surface area contributed by atoms with E-state index in [2.05, 4.69) is 11.9 Å². The SMILES string of the molecule is CCCCCOCCCCc1cc2cn([C@H]3C[C@H](O)[C@@H](CO)O3)c(=O)nc2o1. The van der Waals surface area contributed by atoms with E-state index in [4.69, 9.17) is 13.9 Å². The number of hydrogen-bond donors (Lipinski definition) is 2. The van der Waals surface area contributed by atoms with Crippen LogP contribution in [-0.2, 0) is 15.9 Å². The molecule has 1 aliphatic rings. The van der Waals surface area contributed by atoms with Gasteiger partial charge in [0.1, 0.15) is 18.1 Å². The van der Waals surface area contributed by atoms with Crippen LogP contribution < -0.4 is 5.69 Å². The molecule has 0 amide bonds. The Morgan fingerprint density at radius 3 is 2.79 bits per heavy atom. The van der Waals surface area contributed by atoms with Crippen molar-refractivity contribution in [3.05, 3.63) is 28.5 Å². The van der Waals surface area contributed by atoms with E-state index >= 15 is 0 Å². The number of fused-ring (bicyclic) bond motifs is 1. The first kappa shape index (κ1) is 21.0. The van der Waals surface area contributed by atoms with Gasteiger partial charge in [0.25, 0.3) is 0 Å². The highest BCUT2D eigenvalue weighted by Gasteiger charge is 2.35. The highest BCUT2D eigenvalue weighted by atomic mass is 16.5. The molecule has 0 aromatic carbocycles. The number of aliphatic hydroxyl groups is 2. The summed E-state index contributed by atoms with van der Waals surface area (Å²) in [7, 11) is 0. The van der Waals surface area contributed by atoms with Crippen LogP contribution in [-0.4, -0.2) is 51.8 Å². The molecular formula is C20H30N2O6. The predicted molar refractivity (Wildman–Crippen MR) is 103 cm³/mol. The molecule has 2 aromatic heterocycles. The van der Waals surface area contributed by atoms with Crippen molar-refractivity contribution in [1.29, 1.82) is 0 Å². The Balaban J connectivity index is 1.55. The van der Waals surface area contributed by atoms with Crippen LogP contribution in [0.4, 0.5) is 0 Å². The molecular weight excluding hydrogens is 364 g/mol. The lowest BCUT2D eigenvalue weighted by molar-refractivity contribution is -0.0457. The van der Waals surface area contributed by atoms with Crippen molar-refractivity contribution in [3.8, 4) is 0 Å². The number of rotatable bonds is 11. The van der Waals surface area contributed by atoms with Gasteiger partial charge in [0.05, 0.1) is 18.1 Å². The molecule has 28 heavy (non-hydrogen) atoms. The molecule has 1 saturated heterocycles. The van der Waals surface area contributed by atoms with Gasteiger partial charge in [-0.1, -0.05) is 19.8 Å². The summed E-state index contributed by atoms with van der Waals surface area (Å²) in [5.74, 6) is 0.784. The van der Waals surface area contributed by atoms with Crippen molar-refractivity contribution in [2.75, 3.05) is 19.8 Å². The fourth-order valence-corrected chi connectivity index (χ4v) is 3.42. The monoisotopic (exact) mass is 394 g/mol. The highest BCUT2D eigenvalue weighted by Crippen LogP contribution is 2.28. The Hall–Kier alpha value is -1.74. The summed E-state index contributed by atoms with van der Waals surface area (Å²) in [5, 5.41) is 19.8. The number of unbranched alkanes of at least 4 members (excludes halogenated alkanes) is 3. The van der Waals surface area contributed by atoms with Crippen molar-refractivity contribution < 1.29 is 24.1 Å². The predicted octanol–water partition coefficient (Wildman–Crippen LogP) is 2.16. The molecule has 1 aliphatic heterocycles. The van der Waals surface area contributed by atoms with Crippen LogP contribution in [0, 0.1) is 0 Å². The maximum Gasteiger partial charge on any atom is 0.353 e. The van der Waals surface area contributed by atoms with E-state index < -0.39 is 24.1 Å². The van der Waals surface area contributed by atoms with Crippen molar-refractivity contribution >= 4 is 11.1 Å². The Morgan fingerprint density at radius 1 is 1.29 bits per heavy atom. The molecule has 0 aliphatic carbocycles. The molecule has 8 nitrogen and oxygen atoms in total. The van der Waals surface area contributed by atoms with E-state index in [1.807, 2.05) is 6.07 Å². The topological polar surface area (TPSA) is 107 Å². The molecule has 2 aromatic rings. The van der Waals surface area contributed by atoms with Crippen LogP contribution in [0.1, 0.15) is 57.4 Å². The summed E-state index contributed by atoms with van der Waals surface area (Å²) >= 11 is 0. The smallest absolute Gasteiger partial charge is 0.353 e. The zero-order valence-electron chi connectivity index (χ0n) is 16.4. The molecule has 0 spiro atoms. The van der Waals surface area contributed by atoms with E-state index in [9.17, 15) is 15.0 Å². The summed E-state index contributed by atoms with van der Waals surface area (Å²) in [6, 6.07) is 1.88. The van der Waals surface area contributed by atoms with Crippen LogP contribution in [0.15, 0.2) is 21.5 Å². The van der Waals surface area contributed by atoms with Gasteiger partial charge in [-0.05, 0) is 25.3 Å². The summed E-state index contributed by atoms with van der Waals surface area (Å²) in [5.41, 5.74) is -0.186. The second kappa shape index (κ2) is 10.2. The number of furan rings is 1. The molecule has 2 N–H and O–H groups in total. The zero-order chi connectivity index (χ0) is 19.9. The van der Waals surface area contributed by atoms with Gasteiger partial charge in [-0.15, -0.1) is 0 Å². The largest absolute Gasteiger partial charge is 0.443 e. The number of hydrogen-bond acceptors (Lipinski definition) is 7. The van der Waals surface area contributed by atoms with Crippen molar-refractivity contribution in [2.24, 2.45) is 0 Å². The van der Waals surface area contributed by atoms with Gasteiger partial charge in [-0.2, -0.15) is 4.98 Å². The average molecular weight is 394 g/mol. The van der Waals surface area contributed by atoms with Gasteiger partial charge in [-0.25, -0.2) is 4.79 Å². The first-order chi connectivity index (χ1) is 13.6. The molecule has 0 bridgehead atoms. The van der Waals surface area contributed by atoms with Gasteiger partial charge in [0.2, 0.25) is 5.71 Å². The number of aromatic nitrogens is 2. The second-order valence-electron chi connectivity index (χ2n) is 7.30. The maximum absolute atomic E-state index is 12.3. The number of aliphatic hydroxyl groups excluding tert-OH is 2. The molecule has 0 unspecified atom stereocenters. The Labute approximate surface area is 164 Å². The minimum Gasteiger partial charge on any atom is -0.443 e. The fourth-order valence-electron chi connectivity index (χ4n) is 3.42.